The van der Waals surface area contributed by atoms with Gasteiger partial charge in [-0.15, -0.1) is 0 Å². The fraction of sp³-hybridized carbons (Fsp3) is 0.450. The number of amides is 1. The fourth-order valence-corrected chi connectivity index (χ4v) is 3.02. The molecule has 0 bridgehead atoms. The third-order valence-electron chi connectivity index (χ3n) is 4.48. The Kier molecular flexibility index (Phi) is 6.69. The molecule has 1 heterocycles. The topological polar surface area (TPSA) is 69.3 Å². The molecule has 0 radical (unpaired) electrons. The lowest BCUT2D eigenvalue weighted by Crippen LogP contribution is -2.47. The van der Waals surface area contributed by atoms with E-state index in [-0.39, 0.29) is 17.5 Å². The number of H-pyrrole nitrogens is 1. The van der Waals surface area contributed by atoms with Gasteiger partial charge in [0.1, 0.15) is 5.82 Å². The van der Waals surface area contributed by atoms with Crippen molar-refractivity contribution in [3.63, 3.8) is 0 Å². The van der Waals surface area contributed by atoms with E-state index in [0.717, 1.165) is 5.57 Å². The van der Waals surface area contributed by atoms with E-state index in [0.29, 0.717) is 42.9 Å². The highest BCUT2D eigenvalue weighted by Crippen LogP contribution is 2.11. The van der Waals surface area contributed by atoms with Gasteiger partial charge in [-0.3, -0.25) is 14.5 Å². The molecule has 1 atom stereocenters. The van der Waals surface area contributed by atoms with E-state index in [9.17, 15) is 9.59 Å². The van der Waals surface area contributed by atoms with Gasteiger partial charge >= 0.3 is 0 Å². The highest BCUT2D eigenvalue weighted by atomic mass is 16.2. The number of hydrogen-bond acceptors (Lipinski definition) is 4. The molecule has 0 aliphatic carbocycles. The van der Waals surface area contributed by atoms with Crippen LogP contribution in [0.15, 0.2) is 41.2 Å². The molecule has 2 rings (SSSR count). The van der Waals surface area contributed by atoms with Crippen molar-refractivity contribution >= 4 is 16.8 Å². The van der Waals surface area contributed by atoms with Crippen LogP contribution in [0, 0.1) is 0 Å². The van der Waals surface area contributed by atoms with Gasteiger partial charge in [-0.2, -0.15) is 0 Å². The monoisotopic (exact) mass is 356 g/mol. The number of likely N-dealkylation sites (N-methyl/N-ethyl adjacent to an activating group) is 2. The van der Waals surface area contributed by atoms with E-state index in [1.54, 1.807) is 11.0 Å². The summed E-state index contributed by atoms with van der Waals surface area (Å²) in [5.41, 5.74) is 1.47. The van der Waals surface area contributed by atoms with Gasteiger partial charge in [-0.1, -0.05) is 31.2 Å². The Morgan fingerprint density at radius 3 is 2.58 bits per heavy atom. The number of nitrogens with one attached hydrogen (secondary N) is 1. The number of hydrogen-bond donors (Lipinski definition) is 1. The highest BCUT2D eigenvalue weighted by Gasteiger charge is 2.25. The molecule has 0 saturated heterocycles. The summed E-state index contributed by atoms with van der Waals surface area (Å²) in [5, 5.41) is 0.571. The molecular weight excluding hydrogens is 328 g/mol. The van der Waals surface area contributed by atoms with Gasteiger partial charge < -0.3 is 9.88 Å². The molecule has 6 heteroatoms. The van der Waals surface area contributed by atoms with Crippen LogP contribution in [0.5, 0.6) is 0 Å². The van der Waals surface area contributed by atoms with Crippen molar-refractivity contribution in [3.05, 3.63) is 52.6 Å². The summed E-state index contributed by atoms with van der Waals surface area (Å²) in [6, 6.07) is 6.95. The molecule has 1 N–H and O–H groups in total. The Bertz CT molecular complexity index is 843. The normalized spacial score (nSPS) is 12.3. The summed E-state index contributed by atoms with van der Waals surface area (Å²) in [6.45, 7) is 14.0. The van der Waals surface area contributed by atoms with Crippen molar-refractivity contribution in [3.8, 4) is 0 Å². The number of aromatic nitrogens is 2. The second kappa shape index (κ2) is 8.76. The fourth-order valence-electron chi connectivity index (χ4n) is 3.02. The molecule has 6 nitrogen and oxygen atoms in total. The lowest BCUT2D eigenvalue weighted by Gasteiger charge is -2.31. The lowest BCUT2D eigenvalue weighted by molar-refractivity contribution is -0.136. The molecule has 1 unspecified atom stereocenters. The molecule has 0 spiro atoms. The average Bonchev–Trinajstić information content (AvgIpc) is 2.63. The zero-order valence-electron chi connectivity index (χ0n) is 16.1. The van der Waals surface area contributed by atoms with Crippen LogP contribution in [0.2, 0.25) is 0 Å². The Balaban J connectivity index is 2.21. The first-order valence-corrected chi connectivity index (χ1v) is 9.02. The van der Waals surface area contributed by atoms with Crippen LogP contribution >= 0.6 is 0 Å². The van der Waals surface area contributed by atoms with Crippen LogP contribution in [0.3, 0.4) is 0 Å². The predicted molar refractivity (Wildman–Crippen MR) is 105 cm³/mol. The number of aromatic amines is 1. The lowest BCUT2D eigenvalue weighted by atomic mass is 10.2. The molecule has 0 fully saturated rings. The van der Waals surface area contributed by atoms with Gasteiger partial charge in [-0.05, 0) is 39.4 Å². The third-order valence-corrected chi connectivity index (χ3v) is 4.48. The maximum absolute atomic E-state index is 12.8. The number of carbonyl (C=O) groups is 1. The van der Waals surface area contributed by atoms with Gasteiger partial charge in [-0.25, -0.2) is 4.98 Å². The summed E-state index contributed by atoms with van der Waals surface area (Å²) in [5.74, 6) is 0.624. The molecule has 2 aromatic rings. The van der Waals surface area contributed by atoms with Gasteiger partial charge in [0.05, 0.1) is 23.5 Å². The number of nitrogens with zero attached hydrogens (tertiary/aromatic N) is 3. The molecule has 26 heavy (non-hydrogen) atoms. The zero-order valence-corrected chi connectivity index (χ0v) is 16.1. The second-order valence-corrected chi connectivity index (χ2v) is 6.58. The average molecular weight is 356 g/mol. The minimum atomic E-state index is -0.309. The summed E-state index contributed by atoms with van der Waals surface area (Å²) in [4.78, 5) is 36.3. The van der Waals surface area contributed by atoms with Crippen molar-refractivity contribution in [2.75, 3.05) is 19.6 Å². The van der Waals surface area contributed by atoms with Crippen LogP contribution in [0.25, 0.3) is 10.9 Å². The standard InChI is InChI=1S/C20H28N4O2/c1-6-23(15(5)20(26)24(7-2)12-14(3)4)13-18-21-17-11-9-8-10-16(17)19(25)22-18/h8-11,15H,3,6-7,12-13H2,1-2,4-5H3,(H,21,22,25). The first kappa shape index (κ1) is 19.8. The van der Waals surface area contributed by atoms with Gasteiger partial charge in [0.15, 0.2) is 0 Å². The van der Waals surface area contributed by atoms with E-state index < -0.39 is 0 Å². The summed E-state index contributed by atoms with van der Waals surface area (Å²) < 4.78 is 0. The number of rotatable bonds is 8. The van der Waals surface area contributed by atoms with Crippen LogP contribution in [-0.4, -0.2) is 51.4 Å². The quantitative estimate of drug-likeness (QED) is 0.738. The number of fused-ring (bicyclic) bond motifs is 1. The smallest absolute Gasteiger partial charge is 0.258 e. The zero-order chi connectivity index (χ0) is 19.3. The SMILES string of the molecule is C=C(C)CN(CC)C(=O)C(C)N(CC)Cc1nc2ccccc2c(=O)[nH]1. The molecule has 0 aliphatic rings. The van der Waals surface area contributed by atoms with E-state index in [2.05, 4.69) is 16.5 Å². The summed E-state index contributed by atoms with van der Waals surface area (Å²) in [7, 11) is 0. The number of carbonyl (C=O) groups excluding carboxylic acids is 1. The molecule has 0 saturated carbocycles. The van der Waals surface area contributed by atoms with Crippen molar-refractivity contribution < 1.29 is 4.79 Å². The molecule has 0 aliphatic heterocycles. The largest absolute Gasteiger partial charge is 0.338 e. The maximum atomic E-state index is 12.8. The molecular formula is C20H28N4O2. The first-order chi connectivity index (χ1) is 12.4. The van der Waals surface area contributed by atoms with E-state index in [1.807, 2.05) is 50.8 Å². The van der Waals surface area contributed by atoms with E-state index >= 15 is 0 Å². The molecule has 1 amide bonds. The number of benzene rings is 1. The van der Waals surface area contributed by atoms with Gasteiger partial charge in [0.2, 0.25) is 5.91 Å². The Labute approximate surface area is 154 Å². The van der Waals surface area contributed by atoms with Gasteiger partial charge in [0.25, 0.3) is 5.56 Å². The van der Waals surface area contributed by atoms with Crippen LogP contribution in [-0.2, 0) is 11.3 Å². The number of para-hydroxylation sites is 1. The van der Waals surface area contributed by atoms with Gasteiger partial charge in [0, 0.05) is 13.1 Å². The summed E-state index contributed by atoms with van der Waals surface area (Å²) >= 11 is 0. The predicted octanol–water partition coefficient (Wildman–Crippen LogP) is 2.56. The maximum Gasteiger partial charge on any atom is 0.258 e. The first-order valence-electron chi connectivity index (χ1n) is 9.02. The molecule has 140 valence electrons. The van der Waals surface area contributed by atoms with Crippen molar-refractivity contribution in [2.24, 2.45) is 0 Å². The van der Waals surface area contributed by atoms with Crippen molar-refractivity contribution in [1.29, 1.82) is 0 Å². The van der Waals surface area contributed by atoms with Crippen LogP contribution in [0.1, 0.15) is 33.5 Å². The minimum Gasteiger partial charge on any atom is -0.338 e. The van der Waals surface area contributed by atoms with Crippen molar-refractivity contribution in [1.82, 2.24) is 19.8 Å². The molecule has 1 aromatic carbocycles. The third kappa shape index (κ3) is 4.58. The summed E-state index contributed by atoms with van der Waals surface area (Å²) in [6.07, 6.45) is 0. The van der Waals surface area contributed by atoms with Crippen LogP contribution in [0.4, 0.5) is 0 Å². The Morgan fingerprint density at radius 2 is 1.96 bits per heavy atom. The van der Waals surface area contributed by atoms with Crippen molar-refractivity contribution in [2.45, 2.75) is 40.3 Å². The molecule has 1 aromatic heterocycles. The van der Waals surface area contributed by atoms with Crippen LogP contribution < -0.4 is 5.56 Å². The Morgan fingerprint density at radius 1 is 1.27 bits per heavy atom. The van der Waals surface area contributed by atoms with E-state index in [4.69, 9.17) is 0 Å². The Hall–Kier alpha value is -2.47. The minimum absolute atomic E-state index is 0.0560. The second-order valence-electron chi connectivity index (χ2n) is 6.58. The van der Waals surface area contributed by atoms with E-state index in [1.165, 1.54) is 0 Å². The highest BCUT2D eigenvalue weighted by molar-refractivity contribution is 5.81.